The lowest BCUT2D eigenvalue weighted by Gasteiger charge is -2.33. The summed E-state index contributed by atoms with van der Waals surface area (Å²) in [6, 6.07) is 19.1. The van der Waals surface area contributed by atoms with Crippen LogP contribution >= 0.6 is 33.9 Å². The van der Waals surface area contributed by atoms with E-state index in [0.29, 0.717) is 10.6 Å². The summed E-state index contributed by atoms with van der Waals surface area (Å²) in [6.45, 7) is 1.89. The predicted molar refractivity (Wildman–Crippen MR) is 125 cm³/mol. The molecule has 1 fully saturated rings. The number of hydrogen-bond donors (Lipinski definition) is 0. The molecule has 7 heteroatoms. The third-order valence-electron chi connectivity index (χ3n) is 5.21. The van der Waals surface area contributed by atoms with E-state index in [4.69, 9.17) is 0 Å². The van der Waals surface area contributed by atoms with E-state index < -0.39 is 6.04 Å². The van der Waals surface area contributed by atoms with Gasteiger partial charge in [0.1, 0.15) is 6.04 Å². The van der Waals surface area contributed by atoms with Crippen LogP contribution in [0.25, 0.3) is 0 Å². The van der Waals surface area contributed by atoms with Crippen LogP contribution < -0.4 is 4.90 Å². The monoisotopic (exact) mass is 530 g/mol. The maximum atomic E-state index is 13.4. The van der Waals surface area contributed by atoms with E-state index >= 15 is 0 Å². The Bertz CT molecular complexity index is 1070. The second-order valence-corrected chi connectivity index (χ2v) is 9.23. The fourth-order valence-corrected chi connectivity index (χ4v) is 4.73. The standard InChI is InChI=1S/C23H19IN2O3S/c1-15(16-6-3-2-4-7-16)25(23(29)20-8-5-13-30-20)19-14-21(27)26(22(19)28)18-11-9-17(24)10-12-18/h2-13,15,19H,14H2,1H3. The molecule has 3 amide bonds. The second-order valence-electron chi connectivity index (χ2n) is 7.04. The summed E-state index contributed by atoms with van der Waals surface area (Å²) in [5.41, 5.74) is 1.44. The third kappa shape index (κ3) is 3.91. The molecule has 0 bridgehead atoms. The summed E-state index contributed by atoms with van der Waals surface area (Å²) in [6.07, 6.45) is -0.0287. The Morgan fingerprint density at radius 1 is 1.07 bits per heavy atom. The van der Waals surface area contributed by atoms with Gasteiger partial charge in [-0.1, -0.05) is 36.4 Å². The number of halogens is 1. The Hall–Kier alpha value is -2.52. The van der Waals surface area contributed by atoms with Crippen LogP contribution in [0.3, 0.4) is 0 Å². The summed E-state index contributed by atoms with van der Waals surface area (Å²) in [7, 11) is 0. The number of nitrogens with zero attached hydrogens (tertiary/aromatic N) is 2. The van der Waals surface area contributed by atoms with Crippen molar-refractivity contribution in [2.75, 3.05) is 4.90 Å². The van der Waals surface area contributed by atoms with Gasteiger partial charge in [0, 0.05) is 3.57 Å². The zero-order chi connectivity index (χ0) is 21.3. The van der Waals surface area contributed by atoms with Crippen LogP contribution in [0.15, 0.2) is 72.1 Å². The Balaban J connectivity index is 1.71. The third-order valence-corrected chi connectivity index (χ3v) is 6.79. The van der Waals surface area contributed by atoms with Gasteiger partial charge < -0.3 is 4.90 Å². The Kier molecular flexibility index (Phi) is 6.01. The highest BCUT2D eigenvalue weighted by Crippen LogP contribution is 2.33. The lowest BCUT2D eigenvalue weighted by atomic mass is 10.0. The number of benzene rings is 2. The highest BCUT2D eigenvalue weighted by atomic mass is 127. The molecular weight excluding hydrogens is 511 g/mol. The summed E-state index contributed by atoms with van der Waals surface area (Å²) in [5.74, 6) is -0.902. The van der Waals surface area contributed by atoms with Gasteiger partial charge in [-0.05, 0) is 70.8 Å². The smallest absolute Gasteiger partial charge is 0.265 e. The van der Waals surface area contributed by atoms with Crippen molar-refractivity contribution in [3.63, 3.8) is 0 Å². The lowest BCUT2D eigenvalue weighted by molar-refractivity contribution is -0.122. The quantitative estimate of drug-likeness (QED) is 0.349. The van der Waals surface area contributed by atoms with Crippen LogP contribution in [0, 0.1) is 3.57 Å². The Labute approximate surface area is 192 Å². The SMILES string of the molecule is CC(c1ccccc1)N(C(=O)c1cccs1)C1CC(=O)N(c2ccc(I)cc2)C1=O. The zero-order valence-corrected chi connectivity index (χ0v) is 19.2. The minimum Gasteiger partial charge on any atom is -0.319 e. The zero-order valence-electron chi connectivity index (χ0n) is 16.2. The van der Waals surface area contributed by atoms with Gasteiger partial charge >= 0.3 is 0 Å². The van der Waals surface area contributed by atoms with Gasteiger partial charge in [-0.25, -0.2) is 4.90 Å². The van der Waals surface area contributed by atoms with Gasteiger partial charge in [-0.2, -0.15) is 0 Å². The molecule has 3 aromatic rings. The maximum Gasteiger partial charge on any atom is 0.265 e. The van der Waals surface area contributed by atoms with E-state index in [0.717, 1.165) is 9.13 Å². The first-order valence-corrected chi connectivity index (χ1v) is 11.5. The van der Waals surface area contributed by atoms with Crippen molar-refractivity contribution in [2.45, 2.75) is 25.4 Å². The Morgan fingerprint density at radius 2 is 1.77 bits per heavy atom. The first-order valence-electron chi connectivity index (χ1n) is 9.51. The van der Waals surface area contributed by atoms with Crippen LogP contribution in [-0.4, -0.2) is 28.7 Å². The van der Waals surface area contributed by atoms with Gasteiger partial charge in [-0.3, -0.25) is 14.4 Å². The van der Waals surface area contributed by atoms with Crippen molar-refractivity contribution in [3.8, 4) is 0 Å². The van der Waals surface area contributed by atoms with Gasteiger partial charge in [-0.15, -0.1) is 11.3 Å². The van der Waals surface area contributed by atoms with Gasteiger partial charge in [0.2, 0.25) is 5.91 Å². The topological polar surface area (TPSA) is 57.7 Å². The van der Waals surface area contributed by atoms with Crippen LogP contribution in [0.5, 0.6) is 0 Å². The average Bonchev–Trinajstić information content (AvgIpc) is 3.39. The average molecular weight is 530 g/mol. The summed E-state index contributed by atoms with van der Waals surface area (Å²) < 4.78 is 1.01. The number of imide groups is 1. The van der Waals surface area contributed by atoms with Crippen LogP contribution in [0.1, 0.15) is 34.6 Å². The molecule has 1 aliphatic rings. The number of carbonyl (C=O) groups excluding carboxylic acids is 3. The van der Waals surface area contributed by atoms with E-state index in [1.807, 2.05) is 60.8 Å². The van der Waals surface area contributed by atoms with Crippen molar-refractivity contribution in [2.24, 2.45) is 0 Å². The number of rotatable bonds is 5. The molecule has 4 rings (SSSR count). The molecule has 2 heterocycles. The summed E-state index contributed by atoms with van der Waals surface area (Å²) >= 11 is 3.50. The molecule has 2 aromatic carbocycles. The normalized spacial score (nSPS) is 17.3. The fraction of sp³-hybridized carbons (Fsp3) is 0.174. The maximum absolute atomic E-state index is 13.4. The molecule has 2 atom stereocenters. The van der Waals surface area contributed by atoms with Crippen LogP contribution in [0.2, 0.25) is 0 Å². The summed E-state index contributed by atoms with van der Waals surface area (Å²) in [4.78, 5) is 42.9. The molecule has 1 saturated heterocycles. The minimum atomic E-state index is -0.846. The largest absolute Gasteiger partial charge is 0.319 e. The molecule has 0 N–H and O–H groups in total. The van der Waals surface area contributed by atoms with E-state index in [1.165, 1.54) is 16.2 Å². The first-order chi connectivity index (χ1) is 14.5. The highest BCUT2D eigenvalue weighted by molar-refractivity contribution is 14.1. The molecule has 30 heavy (non-hydrogen) atoms. The lowest BCUT2D eigenvalue weighted by Crippen LogP contribution is -2.46. The minimum absolute atomic E-state index is 0.0287. The molecule has 5 nitrogen and oxygen atoms in total. The number of amides is 3. The number of thiophene rings is 1. The molecular formula is C23H19IN2O3S. The van der Waals surface area contributed by atoms with Crippen molar-refractivity contribution < 1.29 is 14.4 Å². The molecule has 1 aliphatic heterocycles. The van der Waals surface area contributed by atoms with E-state index in [-0.39, 0.29) is 30.2 Å². The van der Waals surface area contributed by atoms with Crippen molar-refractivity contribution in [1.82, 2.24) is 4.90 Å². The second kappa shape index (κ2) is 8.69. The van der Waals surface area contributed by atoms with Crippen LogP contribution in [-0.2, 0) is 9.59 Å². The molecule has 0 saturated carbocycles. The van der Waals surface area contributed by atoms with Crippen LogP contribution in [0.4, 0.5) is 5.69 Å². The van der Waals surface area contributed by atoms with E-state index in [1.54, 1.807) is 23.1 Å². The molecule has 0 spiro atoms. The van der Waals surface area contributed by atoms with Gasteiger partial charge in [0.05, 0.1) is 23.0 Å². The molecule has 2 unspecified atom stereocenters. The van der Waals surface area contributed by atoms with Gasteiger partial charge in [0.15, 0.2) is 0 Å². The van der Waals surface area contributed by atoms with E-state index in [2.05, 4.69) is 22.6 Å². The summed E-state index contributed by atoms with van der Waals surface area (Å²) in [5, 5.41) is 1.83. The van der Waals surface area contributed by atoms with Crippen molar-refractivity contribution in [3.05, 3.63) is 86.1 Å². The number of hydrogen-bond acceptors (Lipinski definition) is 4. The van der Waals surface area contributed by atoms with Gasteiger partial charge in [0.25, 0.3) is 11.8 Å². The molecule has 0 aliphatic carbocycles. The number of carbonyl (C=O) groups is 3. The van der Waals surface area contributed by atoms with Crippen molar-refractivity contribution >= 4 is 57.3 Å². The molecule has 0 radical (unpaired) electrons. The van der Waals surface area contributed by atoms with E-state index in [9.17, 15) is 14.4 Å². The fourth-order valence-electron chi connectivity index (χ4n) is 3.70. The number of anilines is 1. The highest BCUT2D eigenvalue weighted by Gasteiger charge is 2.46. The molecule has 1 aromatic heterocycles. The molecule has 152 valence electrons. The predicted octanol–water partition coefficient (Wildman–Crippen LogP) is 4.89. The van der Waals surface area contributed by atoms with Crippen molar-refractivity contribution in [1.29, 1.82) is 0 Å². The Morgan fingerprint density at radius 3 is 2.40 bits per heavy atom. The first kappa shape index (κ1) is 20.7.